The van der Waals surface area contributed by atoms with Gasteiger partial charge in [0.1, 0.15) is 0 Å². The molecule has 2 aliphatic rings. The van der Waals surface area contributed by atoms with Crippen LogP contribution < -0.4 is 4.90 Å². The molecule has 0 aliphatic heterocycles. The van der Waals surface area contributed by atoms with Gasteiger partial charge in [-0.05, 0) is 122 Å². The summed E-state index contributed by atoms with van der Waals surface area (Å²) in [6.07, 6.45) is 11.0. The molecule has 1 nitrogen and oxygen atoms in total. The molecule has 0 saturated carbocycles. The van der Waals surface area contributed by atoms with E-state index in [4.69, 9.17) is 0 Å². The number of thiophene rings is 1. The molecule has 1 heterocycles. The number of anilines is 3. The molecule has 0 unspecified atom stereocenters. The van der Waals surface area contributed by atoms with E-state index < -0.39 is 0 Å². The highest BCUT2D eigenvalue weighted by Crippen LogP contribution is 2.53. The van der Waals surface area contributed by atoms with E-state index in [1.54, 1.807) is 0 Å². The Balaban J connectivity index is 1.17. The summed E-state index contributed by atoms with van der Waals surface area (Å²) in [6.45, 7) is 11.7. The Kier molecular flexibility index (Phi) is 8.40. The number of hydrogen-bond acceptors (Lipinski definition) is 2. The van der Waals surface area contributed by atoms with Crippen LogP contribution in [0.2, 0.25) is 0 Å². The van der Waals surface area contributed by atoms with Gasteiger partial charge in [-0.2, -0.15) is 0 Å². The molecule has 0 bridgehead atoms. The Morgan fingerprint density at radius 1 is 0.540 bits per heavy atom. The van der Waals surface area contributed by atoms with E-state index in [9.17, 15) is 0 Å². The third-order valence-corrected chi connectivity index (χ3v) is 12.2. The molecule has 0 N–H and O–H groups in total. The fourth-order valence-corrected chi connectivity index (χ4v) is 9.31. The van der Waals surface area contributed by atoms with Gasteiger partial charge in [0.05, 0.1) is 0 Å². The molecule has 0 amide bonds. The fraction of sp³-hybridized carbons (Fsp3) is 0.250. The van der Waals surface area contributed by atoms with Crippen molar-refractivity contribution in [2.45, 2.75) is 77.6 Å². The second-order valence-electron chi connectivity index (χ2n) is 15.2. The largest absolute Gasteiger partial charge is 0.310 e. The lowest BCUT2D eigenvalue weighted by molar-refractivity contribution is 0.660. The summed E-state index contributed by atoms with van der Waals surface area (Å²) in [7, 11) is 0. The lowest BCUT2D eigenvalue weighted by Crippen LogP contribution is -2.18. The molecule has 0 atom stereocenters. The van der Waals surface area contributed by atoms with Crippen LogP contribution in [0.15, 0.2) is 121 Å². The minimum absolute atomic E-state index is 0.0690. The Bertz CT molecular complexity index is 2100. The van der Waals surface area contributed by atoms with Gasteiger partial charge < -0.3 is 4.90 Å². The highest BCUT2D eigenvalue weighted by molar-refractivity contribution is 7.11. The third kappa shape index (κ3) is 5.55. The first-order chi connectivity index (χ1) is 24.3. The van der Waals surface area contributed by atoms with Crippen LogP contribution in [0.25, 0.3) is 34.4 Å². The molecule has 1 aromatic heterocycles. The molecule has 8 rings (SSSR count). The maximum absolute atomic E-state index is 2.46. The SMILES string of the molecule is CCCCCCc1ccsc1/C=C/c1ccc(N(c2ccc3c(c2)C(C)(C)c2ccccc2-3)c2ccc3c(c2)C(C)(C)c2ccccc2-3)cc1. The number of nitrogens with zero attached hydrogens (tertiary/aromatic N) is 1. The molecule has 2 heteroatoms. The topological polar surface area (TPSA) is 3.24 Å². The average Bonchev–Trinajstić information content (AvgIpc) is 3.75. The van der Waals surface area contributed by atoms with Crippen molar-refractivity contribution >= 4 is 40.6 Å². The fourth-order valence-electron chi connectivity index (χ4n) is 8.46. The van der Waals surface area contributed by atoms with E-state index in [-0.39, 0.29) is 10.8 Å². The van der Waals surface area contributed by atoms with Crippen molar-refractivity contribution in [3.63, 3.8) is 0 Å². The zero-order valence-corrected chi connectivity index (χ0v) is 30.9. The van der Waals surface area contributed by atoms with Crippen LogP contribution in [0.3, 0.4) is 0 Å². The summed E-state index contributed by atoms with van der Waals surface area (Å²) >= 11 is 1.85. The van der Waals surface area contributed by atoms with Gasteiger partial charge in [0.2, 0.25) is 0 Å². The maximum Gasteiger partial charge on any atom is 0.0465 e. The van der Waals surface area contributed by atoms with Crippen molar-refractivity contribution < 1.29 is 0 Å². The summed E-state index contributed by atoms with van der Waals surface area (Å²) in [5.41, 5.74) is 17.1. The molecule has 0 spiro atoms. The van der Waals surface area contributed by atoms with Crippen molar-refractivity contribution in [3.05, 3.63) is 159 Å². The molecular weight excluding hydrogens is 623 g/mol. The van der Waals surface area contributed by atoms with Crippen molar-refractivity contribution in [2.75, 3.05) is 4.90 Å². The van der Waals surface area contributed by atoms with E-state index in [1.807, 2.05) is 11.3 Å². The number of unbranched alkanes of at least 4 members (excludes halogenated alkanes) is 3. The van der Waals surface area contributed by atoms with E-state index >= 15 is 0 Å². The zero-order valence-electron chi connectivity index (χ0n) is 30.1. The number of aryl methyl sites for hydroxylation is 1. The van der Waals surface area contributed by atoms with Gasteiger partial charge in [-0.15, -0.1) is 11.3 Å². The van der Waals surface area contributed by atoms with Crippen LogP contribution in [-0.2, 0) is 17.3 Å². The quantitative estimate of drug-likeness (QED) is 0.131. The van der Waals surface area contributed by atoms with Crippen LogP contribution in [0.1, 0.15) is 98.6 Å². The first kappa shape index (κ1) is 32.5. The van der Waals surface area contributed by atoms with Crippen LogP contribution in [-0.4, -0.2) is 0 Å². The van der Waals surface area contributed by atoms with Crippen molar-refractivity contribution in [1.29, 1.82) is 0 Å². The molecule has 0 fully saturated rings. The highest BCUT2D eigenvalue weighted by atomic mass is 32.1. The first-order valence-corrected chi connectivity index (χ1v) is 19.3. The number of benzene rings is 5. The summed E-state index contributed by atoms with van der Waals surface area (Å²) in [6, 6.07) is 43.5. The van der Waals surface area contributed by atoms with E-state index in [2.05, 4.69) is 172 Å². The minimum atomic E-state index is -0.0690. The first-order valence-electron chi connectivity index (χ1n) is 18.4. The van der Waals surface area contributed by atoms with E-state index in [0.29, 0.717) is 0 Å². The molecule has 250 valence electrons. The minimum Gasteiger partial charge on any atom is -0.310 e. The molecule has 5 aromatic carbocycles. The predicted molar refractivity (Wildman–Crippen MR) is 217 cm³/mol. The Labute approximate surface area is 303 Å². The zero-order chi connectivity index (χ0) is 34.5. The molecule has 6 aromatic rings. The lowest BCUT2D eigenvalue weighted by Gasteiger charge is -2.29. The van der Waals surface area contributed by atoms with Gasteiger partial charge in [-0.3, -0.25) is 0 Å². The Morgan fingerprint density at radius 2 is 1.08 bits per heavy atom. The van der Waals surface area contributed by atoms with Gasteiger partial charge in [0.15, 0.2) is 0 Å². The predicted octanol–water partition coefficient (Wildman–Crippen LogP) is 14.1. The Hall–Kier alpha value is -4.66. The number of fused-ring (bicyclic) bond motifs is 6. The van der Waals surface area contributed by atoms with E-state index in [1.165, 1.54) is 104 Å². The highest BCUT2D eigenvalue weighted by Gasteiger charge is 2.37. The summed E-state index contributed by atoms with van der Waals surface area (Å²) in [5, 5.41) is 2.24. The van der Waals surface area contributed by atoms with Crippen molar-refractivity contribution in [3.8, 4) is 22.3 Å². The van der Waals surface area contributed by atoms with Gasteiger partial charge in [0, 0.05) is 32.8 Å². The van der Waals surface area contributed by atoms with Gasteiger partial charge in [0.25, 0.3) is 0 Å². The number of hydrogen-bond donors (Lipinski definition) is 0. The van der Waals surface area contributed by atoms with Crippen LogP contribution in [0.5, 0.6) is 0 Å². The summed E-state index contributed by atoms with van der Waals surface area (Å²) < 4.78 is 0. The lowest BCUT2D eigenvalue weighted by atomic mass is 9.82. The van der Waals surface area contributed by atoms with Crippen molar-refractivity contribution in [1.82, 2.24) is 0 Å². The standard InChI is InChI=1S/C48H47NS/c1-6-7-8-9-14-34-29-30-50-46(34)28-21-33-19-22-35(23-20-33)49(36-24-26-40-38-15-10-12-17-42(38)47(2,3)44(40)31-36)37-25-27-41-39-16-11-13-18-43(39)48(4,5)45(41)32-37/h10-13,15-32H,6-9,14H2,1-5H3/b28-21+. The normalized spacial score (nSPS) is 14.7. The maximum atomic E-state index is 2.46. The number of rotatable bonds is 10. The van der Waals surface area contributed by atoms with E-state index in [0.717, 1.165) is 5.69 Å². The van der Waals surface area contributed by atoms with Crippen LogP contribution in [0.4, 0.5) is 17.1 Å². The van der Waals surface area contributed by atoms with Crippen molar-refractivity contribution in [2.24, 2.45) is 0 Å². The molecule has 0 saturated heterocycles. The molecule has 0 radical (unpaired) electrons. The summed E-state index contributed by atoms with van der Waals surface area (Å²) in [5.74, 6) is 0. The second kappa shape index (κ2) is 12.9. The monoisotopic (exact) mass is 669 g/mol. The van der Waals surface area contributed by atoms with Gasteiger partial charge in [-0.25, -0.2) is 0 Å². The smallest absolute Gasteiger partial charge is 0.0465 e. The molecular formula is C48H47NS. The molecule has 50 heavy (non-hydrogen) atoms. The summed E-state index contributed by atoms with van der Waals surface area (Å²) in [4.78, 5) is 3.84. The molecule has 2 aliphatic carbocycles. The van der Waals surface area contributed by atoms with Crippen LogP contribution >= 0.6 is 11.3 Å². The Morgan fingerprint density at radius 3 is 1.66 bits per heavy atom. The average molecular weight is 670 g/mol. The van der Waals surface area contributed by atoms with Crippen LogP contribution in [0, 0.1) is 0 Å². The second-order valence-corrected chi connectivity index (χ2v) is 16.1. The van der Waals surface area contributed by atoms with Gasteiger partial charge >= 0.3 is 0 Å². The van der Waals surface area contributed by atoms with Gasteiger partial charge in [-0.1, -0.05) is 133 Å². The third-order valence-electron chi connectivity index (χ3n) is 11.3.